The molecule has 0 atom stereocenters. The van der Waals surface area contributed by atoms with E-state index in [9.17, 15) is 0 Å². The van der Waals surface area contributed by atoms with Crippen molar-refractivity contribution in [2.24, 2.45) is 0 Å². The summed E-state index contributed by atoms with van der Waals surface area (Å²) in [6.45, 7) is 4.92. The molecule has 2 aromatic heterocycles. The first-order valence-corrected chi connectivity index (χ1v) is 5.98. The van der Waals surface area contributed by atoms with Crippen molar-refractivity contribution in [3.8, 4) is 0 Å². The molecule has 0 unspecified atom stereocenters. The first-order valence-electron chi connectivity index (χ1n) is 5.98. The summed E-state index contributed by atoms with van der Waals surface area (Å²) in [6.07, 6.45) is 8.52. The lowest BCUT2D eigenvalue weighted by atomic mass is 10.2. The lowest BCUT2D eigenvalue weighted by molar-refractivity contribution is 0.619. The second-order valence-electron chi connectivity index (χ2n) is 3.97. The zero-order valence-corrected chi connectivity index (χ0v) is 10.1. The van der Waals surface area contributed by atoms with Crippen LogP contribution in [0.4, 0.5) is 0 Å². The summed E-state index contributed by atoms with van der Waals surface area (Å²) in [5.41, 5.74) is 2.49. The average Bonchev–Trinajstić information content (AvgIpc) is 2.82. The van der Waals surface area contributed by atoms with Gasteiger partial charge in [-0.3, -0.25) is 4.98 Å². The van der Waals surface area contributed by atoms with Gasteiger partial charge in [-0.05, 0) is 24.6 Å². The SMILES string of the molecule is CCNCc1cncn1CCc1cccnc1. The van der Waals surface area contributed by atoms with Gasteiger partial charge in [-0.2, -0.15) is 0 Å². The highest BCUT2D eigenvalue weighted by atomic mass is 15.1. The Bertz CT molecular complexity index is 436. The van der Waals surface area contributed by atoms with Crippen molar-refractivity contribution >= 4 is 0 Å². The minimum atomic E-state index is 0.879. The lowest BCUT2D eigenvalue weighted by Crippen LogP contribution is -2.15. The van der Waals surface area contributed by atoms with E-state index in [-0.39, 0.29) is 0 Å². The van der Waals surface area contributed by atoms with Gasteiger partial charge in [-0.25, -0.2) is 4.98 Å². The fourth-order valence-electron chi connectivity index (χ4n) is 1.75. The Morgan fingerprint density at radius 3 is 3.00 bits per heavy atom. The monoisotopic (exact) mass is 230 g/mol. The van der Waals surface area contributed by atoms with Crippen LogP contribution in [-0.4, -0.2) is 21.1 Å². The van der Waals surface area contributed by atoms with E-state index in [1.165, 1.54) is 11.3 Å². The number of aromatic nitrogens is 3. The molecule has 0 aromatic carbocycles. The number of rotatable bonds is 6. The largest absolute Gasteiger partial charge is 0.333 e. The quantitative estimate of drug-likeness (QED) is 0.820. The molecule has 2 heterocycles. The van der Waals surface area contributed by atoms with Crippen LogP contribution in [-0.2, 0) is 19.5 Å². The highest BCUT2D eigenvalue weighted by Crippen LogP contribution is 2.03. The molecular weight excluding hydrogens is 212 g/mol. The van der Waals surface area contributed by atoms with Crippen LogP contribution in [0.2, 0.25) is 0 Å². The zero-order valence-electron chi connectivity index (χ0n) is 10.1. The van der Waals surface area contributed by atoms with Gasteiger partial charge < -0.3 is 9.88 Å². The molecule has 4 heteroatoms. The molecule has 0 radical (unpaired) electrons. The van der Waals surface area contributed by atoms with E-state index in [1.807, 2.05) is 24.8 Å². The predicted octanol–water partition coefficient (Wildman–Crippen LogP) is 1.63. The highest BCUT2D eigenvalue weighted by Gasteiger charge is 2.01. The summed E-state index contributed by atoms with van der Waals surface area (Å²) in [5, 5.41) is 3.32. The number of aryl methyl sites for hydroxylation is 2. The molecule has 0 bridgehead atoms. The standard InChI is InChI=1S/C13H18N4/c1-2-14-9-13-10-16-11-17(13)7-5-12-4-3-6-15-8-12/h3-4,6,8,10-11,14H,2,5,7,9H2,1H3. The van der Waals surface area contributed by atoms with E-state index in [4.69, 9.17) is 0 Å². The Morgan fingerprint density at radius 1 is 1.29 bits per heavy atom. The van der Waals surface area contributed by atoms with E-state index < -0.39 is 0 Å². The molecule has 4 nitrogen and oxygen atoms in total. The first-order chi connectivity index (χ1) is 8.40. The molecule has 17 heavy (non-hydrogen) atoms. The van der Waals surface area contributed by atoms with Gasteiger partial charge in [0.05, 0.1) is 12.0 Å². The average molecular weight is 230 g/mol. The third-order valence-corrected chi connectivity index (χ3v) is 2.72. The molecular formula is C13H18N4. The van der Waals surface area contributed by atoms with Crippen molar-refractivity contribution in [1.29, 1.82) is 0 Å². The van der Waals surface area contributed by atoms with Gasteiger partial charge in [0, 0.05) is 31.7 Å². The predicted molar refractivity (Wildman–Crippen MR) is 67.5 cm³/mol. The molecule has 1 N–H and O–H groups in total. The molecule has 0 saturated heterocycles. The minimum Gasteiger partial charge on any atom is -0.333 e. The normalized spacial score (nSPS) is 10.6. The molecule has 0 fully saturated rings. The number of nitrogens with one attached hydrogen (secondary N) is 1. The summed E-state index contributed by atoms with van der Waals surface area (Å²) < 4.78 is 2.19. The van der Waals surface area contributed by atoms with Crippen LogP contribution in [0.3, 0.4) is 0 Å². The molecule has 0 amide bonds. The van der Waals surface area contributed by atoms with Crippen LogP contribution in [0, 0.1) is 0 Å². The van der Waals surface area contributed by atoms with Crippen LogP contribution in [0.5, 0.6) is 0 Å². The van der Waals surface area contributed by atoms with Crippen molar-refractivity contribution < 1.29 is 0 Å². The van der Waals surface area contributed by atoms with E-state index >= 15 is 0 Å². The summed E-state index contributed by atoms with van der Waals surface area (Å²) in [6, 6.07) is 4.08. The van der Waals surface area contributed by atoms with E-state index in [2.05, 4.69) is 32.8 Å². The summed E-state index contributed by atoms with van der Waals surface area (Å²) in [7, 11) is 0. The molecule has 2 aromatic rings. The number of pyridine rings is 1. The fourth-order valence-corrected chi connectivity index (χ4v) is 1.75. The molecule has 2 rings (SSSR count). The first kappa shape index (κ1) is 11.8. The van der Waals surface area contributed by atoms with Crippen LogP contribution < -0.4 is 5.32 Å². The number of hydrogen-bond donors (Lipinski definition) is 1. The van der Waals surface area contributed by atoms with Crippen LogP contribution in [0.15, 0.2) is 37.1 Å². The Kier molecular flexibility index (Phi) is 4.27. The fraction of sp³-hybridized carbons (Fsp3) is 0.385. The topological polar surface area (TPSA) is 42.7 Å². The molecule has 90 valence electrons. The van der Waals surface area contributed by atoms with Crippen molar-refractivity contribution in [1.82, 2.24) is 19.9 Å². The molecule has 0 aliphatic heterocycles. The third-order valence-electron chi connectivity index (χ3n) is 2.72. The van der Waals surface area contributed by atoms with Gasteiger partial charge in [-0.1, -0.05) is 13.0 Å². The lowest BCUT2D eigenvalue weighted by Gasteiger charge is -2.08. The van der Waals surface area contributed by atoms with Crippen LogP contribution >= 0.6 is 0 Å². The van der Waals surface area contributed by atoms with Gasteiger partial charge >= 0.3 is 0 Å². The number of hydrogen-bond acceptors (Lipinski definition) is 3. The molecule has 0 spiro atoms. The van der Waals surface area contributed by atoms with Crippen molar-refractivity contribution in [2.75, 3.05) is 6.54 Å². The smallest absolute Gasteiger partial charge is 0.0948 e. The van der Waals surface area contributed by atoms with Crippen molar-refractivity contribution in [3.05, 3.63) is 48.3 Å². The second-order valence-corrected chi connectivity index (χ2v) is 3.97. The third kappa shape index (κ3) is 3.39. The maximum Gasteiger partial charge on any atom is 0.0948 e. The Balaban J connectivity index is 1.92. The van der Waals surface area contributed by atoms with Crippen molar-refractivity contribution in [3.63, 3.8) is 0 Å². The van der Waals surface area contributed by atoms with E-state index in [0.717, 1.165) is 26.1 Å². The minimum absolute atomic E-state index is 0.879. The van der Waals surface area contributed by atoms with Gasteiger partial charge in [0.1, 0.15) is 0 Å². The Labute approximate surface area is 102 Å². The highest BCUT2D eigenvalue weighted by molar-refractivity contribution is 5.09. The number of imidazole rings is 1. The van der Waals surface area contributed by atoms with Crippen molar-refractivity contribution in [2.45, 2.75) is 26.4 Å². The van der Waals surface area contributed by atoms with Gasteiger partial charge in [0.15, 0.2) is 0 Å². The summed E-state index contributed by atoms with van der Waals surface area (Å²) in [4.78, 5) is 8.31. The maximum absolute atomic E-state index is 4.19. The van der Waals surface area contributed by atoms with Gasteiger partial charge in [0.2, 0.25) is 0 Å². The maximum atomic E-state index is 4.19. The summed E-state index contributed by atoms with van der Waals surface area (Å²) in [5.74, 6) is 0. The zero-order chi connectivity index (χ0) is 11.9. The van der Waals surface area contributed by atoms with E-state index in [1.54, 1.807) is 6.20 Å². The van der Waals surface area contributed by atoms with E-state index in [0.29, 0.717) is 0 Å². The Hall–Kier alpha value is -1.68. The van der Waals surface area contributed by atoms with Crippen LogP contribution in [0.25, 0.3) is 0 Å². The second kappa shape index (κ2) is 6.15. The van der Waals surface area contributed by atoms with Gasteiger partial charge in [0.25, 0.3) is 0 Å². The molecule has 0 aliphatic carbocycles. The Morgan fingerprint density at radius 2 is 2.24 bits per heavy atom. The number of nitrogens with zero attached hydrogens (tertiary/aromatic N) is 3. The van der Waals surface area contributed by atoms with Crippen LogP contribution in [0.1, 0.15) is 18.2 Å². The molecule has 0 aliphatic rings. The van der Waals surface area contributed by atoms with Gasteiger partial charge in [-0.15, -0.1) is 0 Å². The summed E-state index contributed by atoms with van der Waals surface area (Å²) >= 11 is 0. The molecule has 0 saturated carbocycles.